The third kappa shape index (κ3) is 5.05. The molecular weight excluding hydrogens is 649 g/mol. The van der Waals surface area contributed by atoms with Crippen LogP contribution in [0.5, 0.6) is 0 Å². The van der Waals surface area contributed by atoms with Crippen molar-refractivity contribution in [2.45, 2.75) is 0 Å². The minimum absolute atomic E-state index is 0.287. The molecule has 4 aromatic carbocycles. The monoisotopic (exact) mass is 672 g/mol. The van der Waals surface area contributed by atoms with Crippen molar-refractivity contribution in [2.75, 3.05) is 0 Å². The lowest BCUT2D eigenvalue weighted by molar-refractivity contribution is 0.580. The lowest BCUT2D eigenvalue weighted by Crippen LogP contribution is -1.88. The Balaban J connectivity index is 1.07. The highest BCUT2D eigenvalue weighted by atomic mass is 16.4. The summed E-state index contributed by atoms with van der Waals surface area (Å²) in [6, 6.07) is 37.7. The van der Waals surface area contributed by atoms with Crippen molar-refractivity contribution in [1.29, 1.82) is 0 Å². The Hall–Kier alpha value is -7.46. The zero-order valence-corrected chi connectivity index (χ0v) is 27.3. The minimum atomic E-state index is 0.287. The van der Waals surface area contributed by atoms with Gasteiger partial charge in [-0.05, 0) is 65.2 Å². The number of rotatable bonds is 6. The van der Waals surface area contributed by atoms with Crippen LogP contribution in [0.15, 0.2) is 143 Å². The molecule has 0 fully saturated rings. The fourth-order valence-corrected chi connectivity index (χ4v) is 6.46. The number of fused-ring (bicyclic) bond motifs is 6. The second-order valence-electron chi connectivity index (χ2n) is 12.3. The molecule has 0 unspecified atom stereocenters. The van der Waals surface area contributed by atoms with Gasteiger partial charge in [-0.15, -0.1) is 20.4 Å². The zero-order chi connectivity index (χ0) is 34.6. The third-order valence-electron chi connectivity index (χ3n) is 9.04. The van der Waals surface area contributed by atoms with Gasteiger partial charge in [0.15, 0.2) is 0 Å². The van der Waals surface area contributed by atoms with Gasteiger partial charge in [0.1, 0.15) is 11.4 Å². The number of nitrogens with zero attached hydrogens (tertiary/aromatic N) is 8. The van der Waals surface area contributed by atoms with Gasteiger partial charge in [0, 0.05) is 45.1 Å². The Morgan fingerprint density at radius 1 is 0.423 bits per heavy atom. The lowest BCUT2D eigenvalue weighted by Gasteiger charge is -2.08. The average molecular weight is 673 g/mol. The predicted octanol–water partition coefficient (Wildman–Crippen LogP) is 9.62. The highest BCUT2D eigenvalue weighted by Gasteiger charge is 2.19. The molecule has 52 heavy (non-hydrogen) atoms. The van der Waals surface area contributed by atoms with Crippen molar-refractivity contribution < 1.29 is 8.83 Å². The topological polar surface area (TPSA) is 129 Å². The van der Waals surface area contributed by atoms with E-state index in [0.717, 1.165) is 60.3 Å². The summed E-state index contributed by atoms with van der Waals surface area (Å²) < 4.78 is 12.6. The van der Waals surface area contributed by atoms with Crippen LogP contribution in [0.2, 0.25) is 0 Å². The Morgan fingerprint density at radius 3 is 1.44 bits per heavy atom. The van der Waals surface area contributed by atoms with Gasteiger partial charge in [0.25, 0.3) is 11.8 Å². The number of benzene rings is 4. The Morgan fingerprint density at radius 2 is 0.904 bits per heavy atom. The summed E-state index contributed by atoms with van der Waals surface area (Å²) in [4.78, 5) is 18.9. The van der Waals surface area contributed by atoms with Crippen LogP contribution in [0, 0.1) is 0 Å². The Kier molecular flexibility index (Phi) is 6.71. The van der Waals surface area contributed by atoms with Crippen LogP contribution in [-0.2, 0) is 0 Å². The van der Waals surface area contributed by atoms with E-state index in [2.05, 4.69) is 43.0 Å². The van der Waals surface area contributed by atoms with Gasteiger partial charge in [0.2, 0.25) is 11.8 Å². The molecule has 0 atom stereocenters. The van der Waals surface area contributed by atoms with E-state index in [1.807, 2.05) is 115 Å². The third-order valence-corrected chi connectivity index (χ3v) is 9.04. The predicted molar refractivity (Wildman–Crippen MR) is 201 cm³/mol. The Labute approximate surface area is 295 Å². The molecule has 0 saturated heterocycles. The maximum atomic E-state index is 6.29. The quantitative estimate of drug-likeness (QED) is 0.157. The van der Waals surface area contributed by atoms with E-state index in [9.17, 15) is 0 Å². The number of aromatic nitrogens is 8. The van der Waals surface area contributed by atoms with Crippen LogP contribution in [0.25, 0.3) is 107 Å². The summed E-state index contributed by atoms with van der Waals surface area (Å²) in [5, 5.41) is 21.6. The zero-order valence-electron chi connectivity index (χ0n) is 27.3. The second-order valence-corrected chi connectivity index (χ2v) is 12.3. The molecule has 0 bridgehead atoms. The van der Waals surface area contributed by atoms with E-state index in [1.54, 1.807) is 12.4 Å². The molecule has 6 heterocycles. The molecule has 10 aromatic rings. The Bertz CT molecular complexity index is 2850. The van der Waals surface area contributed by atoms with Crippen LogP contribution in [0.1, 0.15) is 5.56 Å². The van der Waals surface area contributed by atoms with Gasteiger partial charge in [0.05, 0.1) is 22.1 Å². The number of pyridine rings is 4. The van der Waals surface area contributed by atoms with Crippen LogP contribution < -0.4 is 0 Å². The molecule has 10 rings (SSSR count). The fourth-order valence-electron chi connectivity index (χ4n) is 6.46. The van der Waals surface area contributed by atoms with E-state index in [-0.39, 0.29) is 11.8 Å². The van der Waals surface area contributed by atoms with Crippen molar-refractivity contribution in [3.8, 4) is 57.2 Å². The van der Waals surface area contributed by atoms with Gasteiger partial charge in [-0.3, -0.25) is 9.97 Å². The van der Waals surface area contributed by atoms with Crippen molar-refractivity contribution in [2.24, 2.45) is 0 Å². The molecule has 0 N–H and O–H groups in total. The van der Waals surface area contributed by atoms with Crippen LogP contribution in [0.4, 0.5) is 0 Å². The SMILES string of the molecule is C=Cc1cccc(-c2cc(-c3nnc(-c4ccc5ccc6cccnc6c5n4)o3)cc(-c3nnc(-c4ccc5ccc6cccnc6c5n4)o3)c2)c1. The van der Waals surface area contributed by atoms with Gasteiger partial charge in [-0.2, -0.15) is 0 Å². The van der Waals surface area contributed by atoms with Gasteiger partial charge in [-0.1, -0.05) is 79.4 Å². The van der Waals surface area contributed by atoms with Crippen molar-refractivity contribution in [3.05, 3.63) is 140 Å². The second kappa shape index (κ2) is 11.9. The first-order valence-corrected chi connectivity index (χ1v) is 16.5. The summed E-state index contributed by atoms with van der Waals surface area (Å²) in [6.45, 7) is 3.94. The van der Waals surface area contributed by atoms with E-state index in [1.165, 1.54) is 0 Å². The van der Waals surface area contributed by atoms with Crippen LogP contribution >= 0.6 is 0 Å². The van der Waals surface area contributed by atoms with Crippen LogP contribution in [0.3, 0.4) is 0 Å². The molecule has 0 aliphatic carbocycles. The molecule has 0 amide bonds. The maximum Gasteiger partial charge on any atom is 0.266 e. The normalized spacial score (nSPS) is 11.5. The molecule has 10 nitrogen and oxygen atoms in total. The first-order valence-electron chi connectivity index (χ1n) is 16.5. The average Bonchev–Trinajstić information content (AvgIpc) is 3.92. The summed E-state index contributed by atoms with van der Waals surface area (Å²) in [7, 11) is 0. The van der Waals surface area contributed by atoms with Crippen molar-refractivity contribution >= 4 is 49.7 Å². The highest BCUT2D eigenvalue weighted by molar-refractivity contribution is 6.04. The summed E-state index contributed by atoms with van der Waals surface area (Å²) >= 11 is 0. The molecular formula is C42H24N8O2. The number of hydrogen-bond donors (Lipinski definition) is 0. The number of hydrogen-bond acceptors (Lipinski definition) is 10. The molecule has 10 heteroatoms. The largest absolute Gasteiger partial charge is 0.415 e. The molecule has 6 aromatic heterocycles. The first kappa shape index (κ1) is 29.5. The molecule has 0 aliphatic rings. The van der Waals surface area contributed by atoms with E-state index >= 15 is 0 Å². The smallest absolute Gasteiger partial charge is 0.266 e. The molecule has 0 saturated carbocycles. The lowest BCUT2D eigenvalue weighted by atomic mass is 9.98. The molecule has 0 spiro atoms. The molecule has 244 valence electrons. The van der Waals surface area contributed by atoms with E-state index < -0.39 is 0 Å². The van der Waals surface area contributed by atoms with Crippen LogP contribution in [-0.4, -0.2) is 40.3 Å². The van der Waals surface area contributed by atoms with Gasteiger partial charge >= 0.3 is 0 Å². The highest BCUT2D eigenvalue weighted by Crippen LogP contribution is 2.35. The van der Waals surface area contributed by atoms with E-state index in [0.29, 0.717) is 34.3 Å². The van der Waals surface area contributed by atoms with Crippen molar-refractivity contribution in [3.63, 3.8) is 0 Å². The summed E-state index contributed by atoms with van der Waals surface area (Å²) in [5.74, 6) is 1.20. The molecule has 0 radical (unpaired) electrons. The maximum absolute atomic E-state index is 6.29. The van der Waals surface area contributed by atoms with Gasteiger partial charge < -0.3 is 8.83 Å². The first-order chi connectivity index (χ1) is 25.7. The molecule has 0 aliphatic heterocycles. The standard InChI is InChI=1S/C42H24N8O2/c1-2-24-6-3-7-29(20-24)30-21-31(39-47-49-41(51-39)33-16-14-27-12-10-25-8-4-18-43-35(25)37(27)45-33)23-32(22-30)40-48-50-42(52-40)34-17-15-28-13-11-26-9-5-19-44-36(26)38(28)46-34/h2-23H,1H2. The summed E-state index contributed by atoms with van der Waals surface area (Å²) in [6.07, 6.45) is 5.34. The summed E-state index contributed by atoms with van der Waals surface area (Å²) in [5.41, 5.74) is 8.42. The van der Waals surface area contributed by atoms with Crippen molar-refractivity contribution in [1.82, 2.24) is 40.3 Å². The van der Waals surface area contributed by atoms with E-state index in [4.69, 9.17) is 18.8 Å². The van der Waals surface area contributed by atoms with Gasteiger partial charge in [-0.25, -0.2) is 9.97 Å². The fraction of sp³-hybridized carbons (Fsp3) is 0. The minimum Gasteiger partial charge on any atom is -0.415 e.